The number of carbonyl (C=O) groups is 1. The molecule has 1 aliphatic rings. The molecule has 0 aromatic carbocycles. The van der Waals surface area contributed by atoms with Gasteiger partial charge in [0.05, 0.1) is 23.9 Å². The SMILES string of the molecule is Cc1noc(C)c1CCCNC(=O)c1ccc(N2CCCC[C@@H]2CO)nc1. The van der Waals surface area contributed by atoms with Crippen LogP contribution in [0.1, 0.15) is 53.1 Å². The van der Waals surface area contributed by atoms with Crippen molar-refractivity contribution in [3.05, 3.63) is 40.9 Å². The van der Waals surface area contributed by atoms with Gasteiger partial charge in [-0.3, -0.25) is 4.79 Å². The summed E-state index contributed by atoms with van der Waals surface area (Å²) in [5, 5.41) is 16.4. The Bertz CT molecular complexity index is 738. The Morgan fingerprint density at radius 3 is 2.89 bits per heavy atom. The van der Waals surface area contributed by atoms with Gasteiger partial charge >= 0.3 is 0 Å². The predicted octanol–water partition coefficient (Wildman–Crippen LogP) is 2.40. The van der Waals surface area contributed by atoms with Crippen molar-refractivity contribution in [3.63, 3.8) is 0 Å². The van der Waals surface area contributed by atoms with Crippen molar-refractivity contribution < 1.29 is 14.4 Å². The van der Waals surface area contributed by atoms with Crippen molar-refractivity contribution in [1.29, 1.82) is 0 Å². The van der Waals surface area contributed by atoms with E-state index >= 15 is 0 Å². The highest BCUT2D eigenvalue weighted by molar-refractivity contribution is 5.94. The monoisotopic (exact) mass is 372 g/mol. The van der Waals surface area contributed by atoms with E-state index in [0.717, 1.165) is 61.5 Å². The van der Waals surface area contributed by atoms with E-state index in [1.54, 1.807) is 12.3 Å². The van der Waals surface area contributed by atoms with Gasteiger partial charge in [0.15, 0.2) is 0 Å². The molecule has 27 heavy (non-hydrogen) atoms. The largest absolute Gasteiger partial charge is 0.394 e. The molecule has 0 spiro atoms. The normalized spacial score (nSPS) is 17.1. The molecular formula is C20H28N4O3. The first kappa shape index (κ1) is 19.4. The van der Waals surface area contributed by atoms with E-state index in [-0.39, 0.29) is 18.6 Å². The molecular weight excluding hydrogens is 344 g/mol. The second-order valence-electron chi connectivity index (χ2n) is 7.09. The summed E-state index contributed by atoms with van der Waals surface area (Å²) >= 11 is 0. The number of amides is 1. The highest BCUT2D eigenvalue weighted by Gasteiger charge is 2.22. The van der Waals surface area contributed by atoms with Gasteiger partial charge in [0, 0.05) is 24.8 Å². The van der Waals surface area contributed by atoms with Gasteiger partial charge in [0.2, 0.25) is 0 Å². The van der Waals surface area contributed by atoms with Gasteiger partial charge in [-0.15, -0.1) is 0 Å². The minimum absolute atomic E-state index is 0.120. The van der Waals surface area contributed by atoms with Crippen molar-refractivity contribution in [1.82, 2.24) is 15.5 Å². The molecule has 0 aliphatic carbocycles. The third kappa shape index (κ3) is 4.66. The molecule has 0 unspecified atom stereocenters. The van der Waals surface area contributed by atoms with Crippen LogP contribution < -0.4 is 10.2 Å². The van der Waals surface area contributed by atoms with Gasteiger partial charge in [0.25, 0.3) is 5.91 Å². The smallest absolute Gasteiger partial charge is 0.252 e. The number of aliphatic hydroxyl groups excluding tert-OH is 1. The first-order chi connectivity index (χ1) is 13.1. The Morgan fingerprint density at radius 2 is 2.22 bits per heavy atom. The highest BCUT2D eigenvalue weighted by Crippen LogP contribution is 2.23. The van der Waals surface area contributed by atoms with Crippen LogP contribution >= 0.6 is 0 Å². The van der Waals surface area contributed by atoms with E-state index in [1.807, 2.05) is 19.9 Å². The molecule has 1 aliphatic heterocycles. The summed E-state index contributed by atoms with van der Waals surface area (Å²) in [6.07, 6.45) is 6.48. The molecule has 7 nitrogen and oxygen atoms in total. The molecule has 0 saturated carbocycles. The number of aliphatic hydroxyl groups is 1. The average Bonchev–Trinajstić information content (AvgIpc) is 3.03. The van der Waals surface area contributed by atoms with Crippen LogP contribution in [0, 0.1) is 13.8 Å². The van der Waals surface area contributed by atoms with Crippen LogP contribution in [0.2, 0.25) is 0 Å². The summed E-state index contributed by atoms with van der Waals surface area (Å²) in [5.74, 6) is 1.55. The summed E-state index contributed by atoms with van der Waals surface area (Å²) < 4.78 is 5.15. The number of nitrogens with zero attached hydrogens (tertiary/aromatic N) is 3. The third-order valence-corrected chi connectivity index (χ3v) is 5.21. The van der Waals surface area contributed by atoms with Crippen LogP contribution in [-0.2, 0) is 6.42 Å². The summed E-state index contributed by atoms with van der Waals surface area (Å²) in [7, 11) is 0. The zero-order valence-corrected chi connectivity index (χ0v) is 16.1. The second kappa shape index (κ2) is 8.99. The van der Waals surface area contributed by atoms with Crippen LogP contribution in [0.25, 0.3) is 0 Å². The number of pyridine rings is 1. The van der Waals surface area contributed by atoms with E-state index in [9.17, 15) is 9.90 Å². The molecule has 7 heteroatoms. The van der Waals surface area contributed by atoms with Crippen molar-refractivity contribution in [2.45, 2.75) is 52.0 Å². The lowest BCUT2D eigenvalue weighted by Gasteiger charge is -2.35. The lowest BCUT2D eigenvalue weighted by atomic mass is 10.0. The van der Waals surface area contributed by atoms with E-state index < -0.39 is 0 Å². The number of carbonyl (C=O) groups excluding carboxylic acids is 1. The first-order valence-corrected chi connectivity index (χ1v) is 9.63. The summed E-state index contributed by atoms with van der Waals surface area (Å²) in [6, 6.07) is 3.79. The van der Waals surface area contributed by atoms with E-state index in [0.29, 0.717) is 12.1 Å². The topological polar surface area (TPSA) is 91.5 Å². The fourth-order valence-corrected chi connectivity index (χ4v) is 3.61. The maximum atomic E-state index is 12.3. The Labute approximate surface area is 159 Å². The molecule has 1 atom stereocenters. The molecule has 3 heterocycles. The lowest BCUT2D eigenvalue weighted by Crippen LogP contribution is -2.42. The molecule has 0 bridgehead atoms. The molecule has 2 aromatic rings. The van der Waals surface area contributed by atoms with Gasteiger partial charge in [0.1, 0.15) is 11.6 Å². The lowest BCUT2D eigenvalue weighted by molar-refractivity contribution is 0.0953. The molecule has 0 radical (unpaired) electrons. The third-order valence-electron chi connectivity index (χ3n) is 5.21. The number of hydrogen-bond acceptors (Lipinski definition) is 6. The Hall–Kier alpha value is -2.41. The fourth-order valence-electron chi connectivity index (χ4n) is 3.61. The number of piperidine rings is 1. The fraction of sp³-hybridized carbons (Fsp3) is 0.550. The number of hydrogen-bond donors (Lipinski definition) is 2. The molecule has 3 rings (SSSR count). The van der Waals surface area contributed by atoms with Crippen LogP contribution in [0.4, 0.5) is 5.82 Å². The molecule has 1 fully saturated rings. The van der Waals surface area contributed by atoms with E-state index in [1.165, 1.54) is 0 Å². The Balaban J connectivity index is 1.50. The van der Waals surface area contributed by atoms with Gasteiger partial charge in [-0.1, -0.05) is 5.16 Å². The minimum Gasteiger partial charge on any atom is -0.394 e. The average molecular weight is 372 g/mol. The second-order valence-corrected chi connectivity index (χ2v) is 7.09. The van der Waals surface area contributed by atoms with Crippen molar-refractivity contribution in [3.8, 4) is 0 Å². The Morgan fingerprint density at radius 1 is 1.37 bits per heavy atom. The number of nitrogens with one attached hydrogen (secondary N) is 1. The minimum atomic E-state index is -0.120. The molecule has 146 valence electrons. The first-order valence-electron chi connectivity index (χ1n) is 9.63. The van der Waals surface area contributed by atoms with Gasteiger partial charge in [-0.2, -0.15) is 0 Å². The van der Waals surface area contributed by atoms with Crippen LogP contribution in [-0.4, -0.2) is 46.9 Å². The highest BCUT2D eigenvalue weighted by atomic mass is 16.5. The number of aromatic nitrogens is 2. The quantitative estimate of drug-likeness (QED) is 0.725. The molecule has 2 aromatic heterocycles. The van der Waals surface area contributed by atoms with E-state index in [2.05, 4.69) is 20.4 Å². The summed E-state index contributed by atoms with van der Waals surface area (Å²) in [4.78, 5) is 18.9. The van der Waals surface area contributed by atoms with Crippen LogP contribution in [0.5, 0.6) is 0 Å². The maximum absolute atomic E-state index is 12.3. The Kier molecular flexibility index (Phi) is 6.45. The maximum Gasteiger partial charge on any atom is 0.252 e. The van der Waals surface area contributed by atoms with Gasteiger partial charge in [-0.25, -0.2) is 4.98 Å². The summed E-state index contributed by atoms with van der Waals surface area (Å²) in [5.41, 5.74) is 2.58. The van der Waals surface area contributed by atoms with Crippen molar-refractivity contribution in [2.24, 2.45) is 0 Å². The number of rotatable bonds is 7. The zero-order chi connectivity index (χ0) is 19.2. The van der Waals surface area contributed by atoms with Crippen LogP contribution in [0.15, 0.2) is 22.9 Å². The van der Waals surface area contributed by atoms with Crippen LogP contribution in [0.3, 0.4) is 0 Å². The number of anilines is 1. The standard InChI is InChI=1S/C20H28N4O3/c1-14-18(15(2)27-23-14)7-5-10-21-20(26)16-8-9-19(22-12-16)24-11-4-3-6-17(24)13-25/h8-9,12,17,25H,3-7,10-11,13H2,1-2H3,(H,21,26)/t17-/m1/s1. The summed E-state index contributed by atoms with van der Waals surface area (Å²) in [6.45, 7) is 5.45. The van der Waals surface area contributed by atoms with Crippen molar-refractivity contribution >= 4 is 11.7 Å². The zero-order valence-electron chi connectivity index (χ0n) is 16.1. The van der Waals surface area contributed by atoms with E-state index in [4.69, 9.17) is 4.52 Å². The van der Waals surface area contributed by atoms with Crippen molar-refractivity contribution in [2.75, 3.05) is 24.6 Å². The molecule has 2 N–H and O–H groups in total. The molecule has 1 amide bonds. The number of aryl methyl sites for hydroxylation is 2. The van der Waals surface area contributed by atoms with Gasteiger partial charge in [-0.05, 0) is 58.1 Å². The molecule has 1 saturated heterocycles. The predicted molar refractivity (Wildman–Crippen MR) is 103 cm³/mol. The van der Waals surface area contributed by atoms with Gasteiger partial charge < -0.3 is 19.8 Å².